The number of nitrogens with two attached hydrogens (primary N) is 1. The third-order valence-electron chi connectivity index (χ3n) is 4.53. The van der Waals surface area contributed by atoms with Crippen molar-refractivity contribution in [2.75, 3.05) is 45.3 Å². The fourth-order valence-electron chi connectivity index (χ4n) is 3.18. The van der Waals surface area contributed by atoms with Crippen molar-refractivity contribution < 1.29 is 9.47 Å². The van der Waals surface area contributed by atoms with Crippen LogP contribution in [0.3, 0.4) is 0 Å². The summed E-state index contributed by atoms with van der Waals surface area (Å²) in [6.45, 7) is 5.81. The Balaban J connectivity index is 1.97. The third-order valence-corrected chi connectivity index (χ3v) is 4.53. The van der Waals surface area contributed by atoms with Gasteiger partial charge in [-0.3, -0.25) is 4.90 Å². The van der Waals surface area contributed by atoms with Gasteiger partial charge in [0.1, 0.15) is 12.1 Å². The fraction of sp³-hybridized carbons (Fsp3) is 0.529. The van der Waals surface area contributed by atoms with Crippen molar-refractivity contribution in [2.24, 2.45) is 5.73 Å². The average molecular weight is 331 g/mol. The number of hydrogen-bond donors (Lipinski definition) is 1. The summed E-state index contributed by atoms with van der Waals surface area (Å²) in [5.41, 5.74) is 6.89. The summed E-state index contributed by atoms with van der Waals surface area (Å²) in [7, 11) is 3.27. The zero-order valence-electron chi connectivity index (χ0n) is 14.5. The van der Waals surface area contributed by atoms with Gasteiger partial charge in [-0.2, -0.15) is 0 Å². The maximum absolute atomic E-state index is 6.03. The second kappa shape index (κ2) is 7.19. The number of nitrogens with zero attached hydrogens (tertiary/aromatic N) is 4. The highest BCUT2D eigenvalue weighted by atomic mass is 16.5. The number of methoxy groups -OCH3 is 2. The van der Waals surface area contributed by atoms with E-state index in [1.54, 1.807) is 20.5 Å². The molecule has 24 heavy (non-hydrogen) atoms. The van der Waals surface area contributed by atoms with Gasteiger partial charge in [0, 0.05) is 37.6 Å². The molecule has 2 heterocycles. The number of benzene rings is 1. The fourth-order valence-corrected chi connectivity index (χ4v) is 3.18. The number of aromatic nitrogens is 2. The van der Waals surface area contributed by atoms with Crippen LogP contribution in [0.25, 0.3) is 10.9 Å². The molecule has 7 nitrogen and oxygen atoms in total. The quantitative estimate of drug-likeness (QED) is 0.909. The number of fused-ring (bicyclic) bond motifs is 1. The third kappa shape index (κ3) is 3.22. The van der Waals surface area contributed by atoms with Gasteiger partial charge < -0.3 is 20.1 Å². The van der Waals surface area contributed by atoms with Crippen LogP contribution in [0.5, 0.6) is 11.5 Å². The minimum absolute atomic E-state index is 0.0800. The molecule has 1 aromatic carbocycles. The molecule has 1 aliphatic heterocycles. The van der Waals surface area contributed by atoms with Crippen molar-refractivity contribution in [3.8, 4) is 11.5 Å². The average Bonchev–Trinajstić information content (AvgIpc) is 2.86. The molecule has 0 radical (unpaired) electrons. The van der Waals surface area contributed by atoms with Gasteiger partial charge in [-0.05, 0) is 19.4 Å². The van der Waals surface area contributed by atoms with Crippen LogP contribution < -0.4 is 20.1 Å². The summed E-state index contributed by atoms with van der Waals surface area (Å²) in [4.78, 5) is 13.5. The highest BCUT2D eigenvalue weighted by Crippen LogP contribution is 2.34. The predicted molar refractivity (Wildman–Crippen MR) is 94.7 cm³/mol. The van der Waals surface area contributed by atoms with E-state index >= 15 is 0 Å². The molecule has 2 N–H and O–H groups in total. The van der Waals surface area contributed by atoms with E-state index in [0.29, 0.717) is 11.5 Å². The number of hydrogen-bond acceptors (Lipinski definition) is 7. The molecule has 0 aliphatic carbocycles. The van der Waals surface area contributed by atoms with Crippen LogP contribution in [0.1, 0.15) is 13.3 Å². The Morgan fingerprint density at radius 1 is 1.04 bits per heavy atom. The summed E-state index contributed by atoms with van der Waals surface area (Å²) in [5, 5.41) is 0.976. The monoisotopic (exact) mass is 331 g/mol. The lowest BCUT2D eigenvalue weighted by Gasteiger charge is -2.25. The van der Waals surface area contributed by atoms with E-state index in [1.165, 1.54) is 0 Å². The van der Waals surface area contributed by atoms with Gasteiger partial charge in [0.25, 0.3) is 0 Å². The lowest BCUT2D eigenvalue weighted by atomic mass is 10.2. The van der Waals surface area contributed by atoms with E-state index in [9.17, 15) is 0 Å². The first-order valence-electron chi connectivity index (χ1n) is 8.25. The Labute approximate surface area is 142 Å². The van der Waals surface area contributed by atoms with Crippen LogP contribution in [0.2, 0.25) is 0 Å². The van der Waals surface area contributed by atoms with Crippen molar-refractivity contribution >= 4 is 16.7 Å². The molecule has 1 aliphatic rings. The van der Waals surface area contributed by atoms with Gasteiger partial charge >= 0.3 is 0 Å². The molecule has 0 bridgehead atoms. The lowest BCUT2D eigenvalue weighted by Crippen LogP contribution is -2.41. The molecular weight excluding hydrogens is 306 g/mol. The first-order valence-corrected chi connectivity index (χ1v) is 8.25. The van der Waals surface area contributed by atoms with Crippen LogP contribution in [0, 0.1) is 0 Å². The molecule has 1 fully saturated rings. The van der Waals surface area contributed by atoms with Crippen molar-refractivity contribution in [3.63, 3.8) is 0 Å². The standard InChI is InChI=1S/C17H25N5O2/c1-12(18)21-5-4-6-22(8-7-21)17-13-9-15(23-2)16(24-3)10-14(13)19-11-20-17/h9-12H,4-8,18H2,1-3H3. The molecule has 3 rings (SSSR count). The maximum Gasteiger partial charge on any atom is 0.162 e. The molecule has 130 valence electrons. The van der Waals surface area contributed by atoms with E-state index in [2.05, 4.69) is 19.8 Å². The molecule has 1 aromatic heterocycles. The van der Waals surface area contributed by atoms with Crippen molar-refractivity contribution in [2.45, 2.75) is 19.5 Å². The Morgan fingerprint density at radius 2 is 1.79 bits per heavy atom. The lowest BCUT2D eigenvalue weighted by molar-refractivity contribution is 0.228. The van der Waals surface area contributed by atoms with Crippen LogP contribution in [0.4, 0.5) is 5.82 Å². The van der Waals surface area contributed by atoms with Crippen molar-refractivity contribution in [3.05, 3.63) is 18.5 Å². The van der Waals surface area contributed by atoms with Gasteiger partial charge in [-0.25, -0.2) is 9.97 Å². The number of anilines is 1. The van der Waals surface area contributed by atoms with Gasteiger partial charge in [-0.1, -0.05) is 0 Å². The van der Waals surface area contributed by atoms with Crippen LogP contribution >= 0.6 is 0 Å². The van der Waals surface area contributed by atoms with Gasteiger partial charge in [0.15, 0.2) is 11.5 Å². The van der Waals surface area contributed by atoms with E-state index in [4.69, 9.17) is 15.2 Å². The molecule has 0 spiro atoms. The second-order valence-electron chi connectivity index (χ2n) is 6.04. The minimum atomic E-state index is 0.0800. The molecule has 1 unspecified atom stereocenters. The molecule has 1 atom stereocenters. The largest absolute Gasteiger partial charge is 0.493 e. The summed E-state index contributed by atoms with van der Waals surface area (Å²) < 4.78 is 10.8. The smallest absolute Gasteiger partial charge is 0.162 e. The van der Waals surface area contributed by atoms with E-state index in [-0.39, 0.29) is 6.17 Å². The SMILES string of the molecule is COc1cc2ncnc(N3CCCN(C(C)N)CC3)c2cc1OC. The normalized spacial score (nSPS) is 17.6. The van der Waals surface area contributed by atoms with Crippen molar-refractivity contribution in [1.82, 2.24) is 14.9 Å². The molecule has 2 aromatic rings. The molecule has 7 heteroatoms. The van der Waals surface area contributed by atoms with Crippen LogP contribution in [-0.2, 0) is 0 Å². The first kappa shape index (κ1) is 16.7. The molecular formula is C17H25N5O2. The first-order chi connectivity index (χ1) is 11.6. The summed E-state index contributed by atoms with van der Waals surface area (Å²) in [6.07, 6.45) is 2.74. The van der Waals surface area contributed by atoms with Crippen LogP contribution in [-0.4, -0.2) is 61.4 Å². The van der Waals surface area contributed by atoms with E-state index in [1.807, 2.05) is 19.1 Å². The molecule has 0 saturated carbocycles. The zero-order chi connectivity index (χ0) is 17.1. The Hall–Kier alpha value is -2.12. The van der Waals surface area contributed by atoms with Crippen LogP contribution in [0.15, 0.2) is 18.5 Å². The van der Waals surface area contributed by atoms with Gasteiger partial charge in [0.2, 0.25) is 0 Å². The van der Waals surface area contributed by atoms with Crippen molar-refractivity contribution in [1.29, 1.82) is 0 Å². The predicted octanol–water partition coefficient (Wildman–Crippen LogP) is 1.46. The number of ether oxygens (including phenoxy) is 2. The number of rotatable bonds is 4. The zero-order valence-corrected chi connectivity index (χ0v) is 14.5. The highest BCUT2D eigenvalue weighted by Gasteiger charge is 2.20. The Bertz CT molecular complexity index is 707. The topological polar surface area (TPSA) is 76.7 Å². The van der Waals surface area contributed by atoms with E-state index in [0.717, 1.165) is 49.3 Å². The van der Waals surface area contributed by atoms with Gasteiger partial charge in [-0.15, -0.1) is 0 Å². The summed E-state index contributed by atoms with van der Waals surface area (Å²) in [5.74, 6) is 2.30. The maximum atomic E-state index is 6.03. The Kier molecular flexibility index (Phi) is 5.01. The molecule has 0 amide bonds. The second-order valence-corrected chi connectivity index (χ2v) is 6.04. The summed E-state index contributed by atoms with van der Waals surface area (Å²) >= 11 is 0. The van der Waals surface area contributed by atoms with E-state index < -0.39 is 0 Å². The minimum Gasteiger partial charge on any atom is -0.493 e. The Morgan fingerprint density at radius 3 is 2.50 bits per heavy atom. The highest BCUT2D eigenvalue weighted by molar-refractivity contribution is 5.92. The summed E-state index contributed by atoms with van der Waals surface area (Å²) in [6, 6.07) is 3.85. The van der Waals surface area contributed by atoms with Gasteiger partial charge in [0.05, 0.1) is 25.9 Å². The molecule has 1 saturated heterocycles.